The van der Waals surface area contributed by atoms with Crippen LogP contribution in [0.25, 0.3) is 87.6 Å². The Hall–Kier alpha value is -5.66. The summed E-state index contributed by atoms with van der Waals surface area (Å²) in [5.74, 6) is 0. The van der Waals surface area contributed by atoms with Gasteiger partial charge in [-0.2, -0.15) is 0 Å². The first-order valence-corrected chi connectivity index (χ1v) is 13.8. The van der Waals surface area contributed by atoms with Crippen LogP contribution in [0.1, 0.15) is 16.4 Å². The molecule has 0 fully saturated rings. The summed E-state index contributed by atoms with van der Waals surface area (Å²) in [6.07, 6.45) is 0. The number of hydrogen-bond donors (Lipinski definition) is 0. The molecule has 1 aromatic heterocycles. The molecule has 0 spiro atoms. The van der Waals surface area contributed by atoms with Crippen molar-refractivity contribution in [2.45, 2.75) is 0 Å². The summed E-state index contributed by atoms with van der Waals surface area (Å²) in [5, 5.41) is 4.18. The van der Waals surface area contributed by atoms with Gasteiger partial charge < -0.3 is 4.42 Å². The topological polar surface area (TPSA) is 13.1 Å². The van der Waals surface area contributed by atoms with Crippen molar-refractivity contribution in [3.63, 3.8) is 0 Å². The molecule has 0 amide bonds. The molecule has 0 saturated carbocycles. The smallest absolute Gasteiger partial charge is 0.135 e. The van der Waals surface area contributed by atoms with Crippen molar-refractivity contribution in [1.29, 1.82) is 0 Å². The van der Waals surface area contributed by atoms with Gasteiger partial charge in [0.15, 0.2) is 0 Å². The summed E-state index contributed by atoms with van der Waals surface area (Å²) in [4.78, 5) is 0. The van der Waals surface area contributed by atoms with Crippen LogP contribution >= 0.6 is 0 Å². The molecule has 0 unspecified atom stereocenters. The van der Waals surface area contributed by atoms with Gasteiger partial charge in [0.2, 0.25) is 0 Å². The second-order valence-corrected chi connectivity index (χ2v) is 10.3. The number of benzene rings is 8. The Bertz CT molecular complexity index is 3090. The van der Waals surface area contributed by atoms with Crippen molar-refractivity contribution in [3.05, 3.63) is 157 Å². The average molecular weight is 559 g/mol. The van der Waals surface area contributed by atoms with Crippen LogP contribution in [0.15, 0.2) is 162 Å². The van der Waals surface area contributed by atoms with Crippen LogP contribution in [-0.2, 0) is 0 Å². The van der Waals surface area contributed by atoms with Crippen LogP contribution < -0.4 is 0 Å². The zero-order valence-corrected chi connectivity index (χ0v) is 22.5. The van der Waals surface area contributed by atoms with E-state index in [1.165, 1.54) is 0 Å². The summed E-state index contributed by atoms with van der Waals surface area (Å²) >= 11 is 0. The molecule has 0 aliphatic rings. The third-order valence-electron chi connectivity index (χ3n) is 8.01. The maximum Gasteiger partial charge on any atom is 0.135 e. The van der Waals surface area contributed by atoms with Crippen molar-refractivity contribution >= 4 is 54.3 Å². The highest BCUT2D eigenvalue weighted by Gasteiger charge is 2.20. The molecule has 8 aromatic carbocycles. The average Bonchev–Trinajstić information content (AvgIpc) is 3.61. The molecule has 0 aliphatic heterocycles. The summed E-state index contributed by atoms with van der Waals surface area (Å²) in [7, 11) is 0. The Morgan fingerprint density at radius 2 is 1.02 bits per heavy atom. The van der Waals surface area contributed by atoms with Crippen LogP contribution in [0.5, 0.6) is 0 Å². The molecule has 0 saturated heterocycles. The van der Waals surface area contributed by atoms with Gasteiger partial charge in [0.25, 0.3) is 0 Å². The number of furan rings is 1. The fourth-order valence-electron chi connectivity index (χ4n) is 6.26. The van der Waals surface area contributed by atoms with E-state index in [-0.39, 0.29) is 63.3 Å². The molecule has 43 heavy (non-hydrogen) atoms. The lowest BCUT2D eigenvalue weighted by Crippen LogP contribution is -1.92. The summed E-state index contributed by atoms with van der Waals surface area (Å²) in [6, 6.07) is 21.5. The predicted octanol–water partition coefficient (Wildman–Crippen LogP) is 12.0. The van der Waals surface area contributed by atoms with Gasteiger partial charge >= 0.3 is 0 Å². The van der Waals surface area contributed by atoms with E-state index >= 15 is 0 Å². The Balaban J connectivity index is 1.45. The van der Waals surface area contributed by atoms with Crippen molar-refractivity contribution in [2.24, 2.45) is 0 Å². The maximum absolute atomic E-state index is 9.60. The van der Waals surface area contributed by atoms with E-state index in [4.69, 9.17) is 18.1 Å². The fraction of sp³-hybridized carbons (Fsp3) is 0. The first-order chi connectivity index (χ1) is 26.3. The van der Waals surface area contributed by atoms with Gasteiger partial charge in [-0.15, -0.1) is 0 Å². The number of para-hydroxylation sites is 1. The minimum Gasteiger partial charge on any atom is -0.456 e. The highest BCUT2D eigenvalue weighted by molar-refractivity contribution is 6.25. The molecular formula is C42H26O. The molecule has 200 valence electrons. The van der Waals surface area contributed by atoms with Gasteiger partial charge in [-0.25, -0.2) is 0 Å². The second kappa shape index (κ2) is 9.44. The van der Waals surface area contributed by atoms with E-state index < -0.39 is 42.3 Å². The molecule has 1 heteroatoms. The van der Waals surface area contributed by atoms with E-state index in [0.29, 0.717) is 27.3 Å². The molecule has 0 bridgehead atoms. The number of rotatable bonds is 3. The third-order valence-corrected chi connectivity index (χ3v) is 8.01. The van der Waals surface area contributed by atoms with Crippen LogP contribution in [0, 0.1) is 0 Å². The molecule has 0 atom stereocenters. The zero-order valence-electron chi connectivity index (χ0n) is 34.5. The first-order valence-electron chi connectivity index (χ1n) is 19.8. The maximum atomic E-state index is 9.60. The van der Waals surface area contributed by atoms with E-state index in [1.807, 2.05) is 72.8 Å². The van der Waals surface area contributed by atoms with Gasteiger partial charge in [-0.1, -0.05) is 139 Å². The standard InChI is InChI=1S/C42H26O/c1-2-12-27(13-3-1)30-21-10-14-28-15-11-22-36(40(28)30)42-34-19-6-4-17-32(34)41(33-18-5-7-20-35(33)42)29-24-25-39-37(26-29)31-16-8-9-23-38(31)43-39/h1-26H/i1D,2D,3D,8D,9D,12D,13D,16D,23D,24D,25D,26D. The lowest BCUT2D eigenvalue weighted by atomic mass is 9.83. The largest absolute Gasteiger partial charge is 0.456 e. The second-order valence-electron chi connectivity index (χ2n) is 10.3. The molecule has 0 N–H and O–H groups in total. The van der Waals surface area contributed by atoms with Crippen molar-refractivity contribution < 1.29 is 20.9 Å². The van der Waals surface area contributed by atoms with Crippen LogP contribution in [0.2, 0.25) is 0 Å². The summed E-state index contributed by atoms with van der Waals surface area (Å²) < 4.78 is 110. The molecule has 0 radical (unpaired) electrons. The van der Waals surface area contributed by atoms with Crippen LogP contribution in [0.3, 0.4) is 0 Å². The van der Waals surface area contributed by atoms with E-state index in [2.05, 4.69) is 0 Å². The first kappa shape index (κ1) is 15.0. The Kier molecular flexibility index (Phi) is 3.29. The van der Waals surface area contributed by atoms with Gasteiger partial charge in [0.1, 0.15) is 11.2 Å². The number of fused-ring (bicyclic) bond motifs is 6. The minimum absolute atomic E-state index is 0.0209. The van der Waals surface area contributed by atoms with Crippen molar-refractivity contribution in [3.8, 4) is 33.4 Å². The predicted molar refractivity (Wildman–Crippen MR) is 183 cm³/mol. The lowest BCUT2D eigenvalue weighted by molar-refractivity contribution is 0.669. The normalized spacial score (nSPS) is 15.6. The molecular weight excluding hydrogens is 520 g/mol. The Morgan fingerprint density at radius 3 is 1.74 bits per heavy atom. The molecule has 0 aliphatic carbocycles. The van der Waals surface area contributed by atoms with Gasteiger partial charge in [-0.05, 0) is 83.8 Å². The Morgan fingerprint density at radius 1 is 0.419 bits per heavy atom. The summed E-state index contributed by atoms with van der Waals surface area (Å²) in [5.41, 5.74) is 2.28. The summed E-state index contributed by atoms with van der Waals surface area (Å²) in [6.45, 7) is 0. The molecule has 1 heterocycles. The van der Waals surface area contributed by atoms with E-state index in [1.54, 1.807) is 12.1 Å². The lowest BCUT2D eigenvalue weighted by Gasteiger charge is -2.20. The van der Waals surface area contributed by atoms with Crippen LogP contribution in [-0.4, -0.2) is 0 Å². The SMILES string of the molecule is [2H]c1c([2H])c([2H])c(-c2cccc3cccc(-c4c5ccccc5c(-c5c([2H])c([2H])c6oc7c([2H])c([2H])c([2H])c([2H])c7c6c5[2H])c5ccccc45)c23)c([2H])c1[2H]. The zero-order chi connectivity index (χ0) is 38.8. The van der Waals surface area contributed by atoms with Crippen molar-refractivity contribution in [1.82, 2.24) is 0 Å². The molecule has 1 nitrogen and oxygen atoms in total. The molecule has 9 rings (SSSR count). The highest BCUT2D eigenvalue weighted by atomic mass is 16.3. The fourth-order valence-corrected chi connectivity index (χ4v) is 6.26. The monoisotopic (exact) mass is 558 g/mol. The number of hydrogen-bond acceptors (Lipinski definition) is 1. The van der Waals surface area contributed by atoms with Crippen LogP contribution in [0.4, 0.5) is 0 Å². The quantitative estimate of drug-likeness (QED) is 0.197. The molecule has 9 aromatic rings. The van der Waals surface area contributed by atoms with E-state index in [0.717, 1.165) is 27.3 Å². The third kappa shape index (κ3) is 3.65. The van der Waals surface area contributed by atoms with Gasteiger partial charge in [0.05, 0.1) is 16.4 Å². The van der Waals surface area contributed by atoms with Gasteiger partial charge in [-0.3, -0.25) is 0 Å². The minimum atomic E-state index is -0.503. The van der Waals surface area contributed by atoms with Crippen molar-refractivity contribution in [2.75, 3.05) is 0 Å². The van der Waals surface area contributed by atoms with Gasteiger partial charge in [0, 0.05) is 10.8 Å². The highest BCUT2D eigenvalue weighted by Crippen LogP contribution is 2.47. The van der Waals surface area contributed by atoms with E-state index in [9.17, 15) is 2.74 Å². The Labute approximate surface area is 266 Å².